The number of nitrogen functional groups attached to an aromatic ring is 1. The molecule has 0 radical (unpaired) electrons. The van der Waals surface area contributed by atoms with Crippen LogP contribution in [0.2, 0.25) is 5.02 Å². The Hall–Kier alpha value is -1.07. The van der Waals surface area contributed by atoms with Gasteiger partial charge >= 0.3 is 0 Å². The zero-order valence-electron chi connectivity index (χ0n) is 9.89. The molecule has 0 spiro atoms. The fourth-order valence-electron chi connectivity index (χ4n) is 2.05. The number of aromatic nitrogens is 2. The average Bonchev–Trinajstić information content (AvgIpc) is 2.23. The summed E-state index contributed by atoms with van der Waals surface area (Å²) < 4.78 is 11.4. The first-order valence-corrected chi connectivity index (χ1v) is 6.02. The Balaban J connectivity index is 2.07. The second-order valence-electron chi connectivity index (χ2n) is 4.35. The summed E-state index contributed by atoms with van der Waals surface area (Å²) in [5.41, 5.74) is 5.59. The molecule has 2 heterocycles. The molecule has 1 saturated heterocycles. The van der Waals surface area contributed by atoms with Crippen molar-refractivity contribution in [2.45, 2.75) is 45.0 Å². The Bertz CT molecular complexity index is 392. The fraction of sp³-hybridized carbons (Fsp3) is 0.636. The van der Waals surface area contributed by atoms with Gasteiger partial charge in [-0.2, -0.15) is 0 Å². The maximum absolute atomic E-state index is 5.98. The highest BCUT2D eigenvalue weighted by atomic mass is 35.5. The Kier molecular flexibility index (Phi) is 3.69. The van der Waals surface area contributed by atoms with Gasteiger partial charge in [0.15, 0.2) is 0 Å². The van der Waals surface area contributed by atoms with Gasteiger partial charge in [0, 0.05) is 12.8 Å². The topological polar surface area (TPSA) is 70.3 Å². The van der Waals surface area contributed by atoms with Gasteiger partial charge in [0.1, 0.15) is 23.3 Å². The number of nitrogens with two attached hydrogens (primary N) is 1. The second-order valence-corrected chi connectivity index (χ2v) is 4.72. The van der Waals surface area contributed by atoms with E-state index in [1.165, 1.54) is 6.33 Å². The van der Waals surface area contributed by atoms with Gasteiger partial charge in [0.25, 0.3) is 0 Å². The van der Waals surface area contributed by atoms with Crippen LogP contribution >= 0.6 is 11.6 Å². The number of rotatable bonds is 2. The third kappa shape index (κ3) is 2.98. The molecule has 2 atom stereocenters. The van der Waals surface area contributed by atoms with E-state index in [-0.39, 0.29) is 29.2 Å². The molecule has 2 rings (SSSR count). The monoisotopic (exact) mass is 257 g/mol. The SMILES string of the molecule is CC1CC(Oc2ncnc(N)c2Cl)CC(C)O1. The Labute approximate surface area is 105 Å². The molecule has 2 unspecified atom stereocenters. The van der Waals surface area contributed by atoms with Crippen LogP contribution in [0.5, 0.6) is 5.88 Å². The van der Waals surface area contributed by atoms with Crippen LogP contribution in [0.15, 0.2) is 6.33 Å². The lowest BCUT2D eigenvalue weighted by molar-refractivity contribution is -0.0729. The molecule has 1 fully saturated rings. The summed E-state index contributed by atoms with van der Waals surface area (Å²) in [5.74, 6) is 0.593. The van der Waals surface area contributed by atoms with Gasteiger partial charge < -0.3 is 15.2 Å². The molecule has 17 heavy (non-hydrogen) atoms. The van der Waals surface area contributed by atoms with Crippen LogP contribution < -0.4 is 10.5 Å². The van der Waals surface area contributed by atoms with Gasteiger partial charge in [0.2, 0.25) is 5.88 Å². The van der Waals surface area contributed by atoms with Crippen molar-refractivity contribution < 1.29 is 9.47 Å². The van der Waals surface area contributed by atoms with E-state index in [1.54, 1.807) is 0 Å². The van der Waals surface area contributed by atoms with E-state index in [0.717, 1.165) is 12.8 Å². The molecule has 94 valence electrons. The summed E-state index contributed by atoms with van der Waals surface area (Å²) in [5, 5.41) is 0.277. The van der Waals surface area contributed by atoms with Crippen LogP contribution in [0.3, 0.4) is 0 Å². The van der Waals surface area contributed by atoms with E-state index in [0.29, 0.717) is 5.88 Å². The fourth-order valence-corrected chi connectivity index (χ4v) is 2.19. The van der Waals surface area contributed by atoms with Crippen molar-refractivity contribution in [2.24, 2.45) is 0 Å². The molecule has 0 bridgehead atoms. The van der Waals surface area contributed by atoms with Crippen molar-refractivity contribution in [3.05, 3.63) is 11.3 Å². The first-order valence-electron chi connectivity index (χ1n) is 5.64. The van der Waals surface area contributed by atoms with Crippen LogP contribution in [-0.4, -0.2) is 28.3 Å². The summed E-state index contributed by atoms with van der Waals surface area (Å²) in [6.07, 6.45) is 3.42. The average molecular weight is 258 g/mol. The number of ether oxygens (including phenoxy) is 2. The van der Waals surface area contributed by atoms with Crippen molar-refractivity contribution in [3.63, 3.8) is 0 Å². The largest absolute Gasteiger partial charge is 0.473 e. The van der Waals surface area contributed by atoms with Crippen molar-refractivity contribution >= 4 is 17.4 Å². The Morgan fingerprint density at radius 3 is 2.65 bits per heavy atom. The lowest BCUT2D eigenvalue weighted by Crippen LogP contribution is -2.35. The summed E-state index contributed by atoms with van der Waals surface area (Å²) in [7, 11) is 0. The number of halogens is 1. The molecule has 0 amide bonds. The van der Waals surface area contributed by atoms with Crippen LogP contribution in [0.4, 0.5) is 5.82 Å². The van der Waals surface area contributed by atoms with Crippen LogP contribution in [-0.2, 0) is 4.74 Å². The molecular weight excluding hydrogens is 242 g/mol. The standard InChI is InChI=1S/C11H16ClN3O2/c1-6-3-8(4-7(2)16-6)17-11-9(12)10(13)14-5-15-11/h5-8H,3-4H2,1-2H3,(H2,13,14,15). The minimum Gasteiger partial charge on any atom is -0.473 e. The summed E-state index contributed by atoms with van der Waals surface area (Å²) in [4.78, 5) is 7.79. The van der Waals surface area contributed by atoms with Gasteiger partial charge in [0.05, 0.1) is 12.2 Å². The number of nitrogens with zero attached hydrogens (tertiary/aromatic N) is 2. The molecule has 1 aliphatic heterocycles. The molecule has 1 aromatic heterocycles. The van der Waals surface area contributed by atoms with Gasteiger partial charge in [-0.25, -0.2) is 9.97 Å². The minimum atomic E-state index is 0.0561. The number of hydrogen-bond acceptors (Lipinski definition) is 5. The Morgan fingerprint density at radius 1 is 1.35 bits per heavy atom. The zero-order chi connectivity index (χ0) is 12.4. The summed E-state index contributed by atoms with van der Waals surface area (Å²) in [6, 6.07) is 0. The molecule has 0 saturated carbocycles. The first kappa shape index (κ1) is 12.4. The van der Waals surface area contributed by atoms with E-state index in [2.05, 4.69) is 9.97 Å². The molecule has 6 heteroatoms. The van der Waals surface area contributed by atoms with Crippen LogP contribution in [0.1, 0.15) is 26.7 Å². The lowest BCUT2D eigenvalue weighted by atomic mass is 10.0. The highest BCUT2D eigenvalue weighted by Gasteiger charge is 2.26. The van der Waals surface area contributed by atoms with Crippen molar-refractivity contribution in [1.29, 1.82) is 0 Å². The van der Waals surface area contributed by atoms with Crippen LogP contribution in [0.25, 0.3) is 0 Å². The summed E-state index contributed by atoms with van der Waals surface area (Å²) in [6.45, 7) is 4.06. The maximum atomic E-state index is 5.98. The smallest absolute Gasteiger partial charge is 0.238 e. The molecule has 0 aliphatic carbocycles. The Morgan fingerprint density at radius 2 is 2.00 bits per heavy atom. The van der Waals surface area contributed by atoms with Gasteiger partial charge in [-0.1, -0.05) is 11.6 Å². The lowest BCUT2D eigenvalue weighted by Gasteiger charge is -2.32. The van der Waals surface area contributed by atoms with Gasteiger partial charge in [-0.15, -0.1) is 0 Å². The highest BCUT2D eigenvalue weighted by molar-refractivity contribution is 6.33. The second kappa shape index (κ2) is 5.06. The first-order chi connectivity index (χ1) is 8.06. The zero-order valence-corrected chi connectivity index (χ0v) is 10.6. The molecule has 2 N–H and O–H groups in total. The predicted octanol–water partition coefficient (Wildman–Crippen LogP) is 2.05. The van der Waals surface area contributed by atoms with Crippen LogP contribution in [0, 0.1) is 0 Å². The number of anilines is 1. The van der Waals surface area contributed by atoms with E-state index >= 15 is 0 Å². The molecule has 1 aliphatic rings. The summed E-state index contributed by atoms with van der Waals surface area (Å²) >= 11 is 5.98. The van der Waals surface area contributed by atoms with Gasteiger partial charge in [-0.3, -0.25) is 0 Å². The minimum absolute atomic E-state index is 0.0561. The van der Waals surface area contributed by atoms with E-state index in [1.807, 2.05) is 13.8 Å². The third-order valence-electron chi connectivity index (χ3n) is 2.72. The molecule has 0 aromatic carbocycles. The third-order valence-corrected chi connectivity index (χ3v) is 3.07. The normalized spacial score (nSPS) is 29.0. The van der Waals surface area contributed by atoms with E-state index in [9.17, 15) is 0 Å². The van der Waals surface area contributed by atoms with E-state index in [4.69, 9.17) is 26.8 Å². The van der Waals surface area contributed by atoms with Crippen molar-refractivity contribution in [2.75, 3.05) is 5.73 Å². The van der Waals surface area contributed by atoms with Gasteiger partial charge in [-0.05, 0) is 13.8 Å². The quantitative estimate of drug-likeness (QED) is 0.878. The van der Waals surface area contributed by atoms with Crippen molar-refractivity contribution in [3.8, 4) is 5.88 Å². The molecular formula is C11H16ClN3O2. The molecule has 1 aromatic rings. The van der Waals surface area contributed by atoms with Crippen molar-refractivity contribution in [1.82, 2.24) is 9.97 Å². The highest BCUT2D eigenvalue weighted by Crippen LogP contribution is 2.29. The maximum Gasteiger partial charge on any atom is 0.238 e. The number of hydrogen-bond donors (Lipinski definition) is 1. The predicted molar refractivity (Wildman–Crippen MR) is 65.1 cm³/mol. The van der Waals surface area contributed by atoms with E-state index < -0.39 is 0 Å². The molecule has 5 nitrogen and oxygen atoms in total.